The minimum Gasteiger partial charge on any atom is -0.497 e. The van der Waals surface area contributed by atoms with E-state index in [-0.39, 0.29) is 17.5 Å². The number of hydrogen-bond acceptors (Lipinski definition) is 3. The molecule has 1 aliphatic carbocycles. The molecule has 4 rings (SSSR count). The van der Waals surface area contributed by atoms with Crippen molar-refractivity contribution in [2.45, 2.75) is 39.2 Å². The van der Waals surface area contributed by atoms with Crippen LogP contribution in [0.15, 0.2) is 59.5 Å². The molecule has 1 heterocycles. The first-order valence-corrected chi connectivity index (χ1v) is 10.6. The van der Waals surface area contributed by atoms with E-state index >= 15 is 0 Å². The molecule has 1 aliphatic rings. The van der Waals surface area contributed by atoms with Gasteiger partial charge in [-0.3, -0.25) is 14.2 Å². The molecule has 0 unspecified atom stereocenters. The number of carbonyl (C=O) groups is 1. The molecule has 1 aromatic heterocycles. The fourth-order valence-corrected chi connectivity index (χ4v) is 4.46. The molecule has 1 fully saturated rings. The van der Waals surface area contributed by atoms with Gasteiger partial charge >= 0.3 is 0 Å². The number of benzene rings is 2. The molecule has 5 heteroatoms. The van der Waals surface area contributed by atoms with Gasteiger partial charge in [0.1, 0.15) is 5.75 Å². The Labute approximate surface area is 176 Å². The monoisotopic (exact) mass is 404 g/mol. The summed E-state index contributed by atoms with van der Waals surface area (Å²) < 4.78 is 6.84. The van der Waals surface area contributed by atoms with E-state index < -0.39 is 0 Å². The number of carbonyl (C=O) groups excluding carboxylic acids is 1. The molecule has 30 heavy (non-hydrogen) atoms. The summed E-state index contributed by atoms with van der Waals surface area (Å²) in [5.41, 5.74) is 1.02. The average Bonchev–Trinajstić information content (AvgIpc) is 2.77. The quantitative estimate of drug-likeness (QED) is 0.694. The Balaban J connectivity index is 1.80. The smallest absolute Gasteiger partial charge is 0.262 e. The molecule has 3 aromatic rings. The lowest BCUT2D eigenvalue weighted by atomic mass is 9.78. The Kier molecular flexibility index (Phi) is 5.62. The van der Waals surface area contributed by atoms with Crippen molar-refractivity contribution in [2.24, 2.45) is 11.8 Å². The maximum atomic E-state index is 13.3. The second kappa shape index (κ2) is 8.34. The summed E-state index contributed by atoms with van der Waals surface area (Å²) in [5, 5.41) is 4.45. The standard InChI is InChI=1S/C25H28N2O3/c1-16-8-6-13-23(17(16)2)26-24(28)22-15-27(18-9-7-10-19(14-18)30-3)25(29)21-12-5-4-11-20(21)22/h4-5,7,9-12,14-17,23H,6,8,13H2,1-3H3,(H,26,28)/t16-,17+,23-/m1/s1. The minimum absolute atomic E-state index is 0.131. The zero-order valence-electron chi connectivity index (χ0n) is 17.7. The van der Waals surface area contributed by atoms with Crippen LogP contribution in [0.25, 0.3) is 16.5 Å². The Hall–Kier alpha value is -3.08. The SMILES string of the molecule is COc1cccc(-n2cc(C(=O)N[C@@H]3CCC[C@@H](C)[C@@H]3C)c3ccccc3c2=O)c1. The molecule has 2 aromatic carbocycles. The van der Waals surface area contributed by atoms with Crippen molar-refractivity contribution in [1.82, 2.24) is 9.88 Å². The van der Waals surface area contributed by atoms with Crippen molar-refractivity contribution in [3.05, 3.63) is 70.6 Å². The largest absolute Gasteiger partial charge is 0.497 e. The van der Waals surface area contributed by atoms with E-state index in [1.807, 2.05) is 36.4 Å². The van der Waals surface area contributed by atoms with Crippen LogP contribution in [0.5, 0.6) is 5.75 Å². The zero-order valence-corrected chi connectivity index (χ0v) is 17.7. The van der Waals surface area contributed by atoms with Crippen molar-refractivity contribution in [2.75, 3.05) is 7.11 Å². The third-order valence-electron chi connectivity index (χ3n) is 6.52. The van der Waals surface area contributed by atoms with E-state index in [0.29, 0.717) is 39.6 Å². The second-order valence-corrected chi connectivity index (χ2v) is 8.31. The summed E-state index contributed by atoms with van der Waals surface area (Å²) in [5.74, 6) is 1.54. The number of methoxy groups -OCH3 is 1. The lowest BCUT2D eigenvalue weighted by Crippen LogP contribution is -2.44. The Morgan fingerprint density at radius 1 is 1.07 bits per heavy atom. The number of nitrogens with one attached hydrogen (secondary N) is 1. The van der Waals surface area contributed by atoms with E-state index in [1.54, 1.807) is 25.4 Å². The van der Waals surface area contributed by atoms with Crippen molar-refractivity contribution in [3.8, 4) is 11.4 Å². The van der Waals surface area contributed by atoms with Gasteiger partial charge in [-0.15, -0.1) is 0 Å². The van der Waals surface area contributed by atoms with Gasteiger partial charge in [0.2, 0.25) is 0 Å². The van der Waals surface area contributed by atoms with Crippen molar-refractivity contribution in [3.63, 3.8) is 0 Å². The molecule has 0 bridgehead atoms. The van der Waals surface area contributed by atoms with Gasteiger partial charge in [-0.05, 0) is 36.5 Å². The summed E-state index contributed by atoms with van der Waals surface area (Å²) in [6, 6.07) is 14.7. The molecule has 1 amide bonds. The maximum absolute atomic E-state index is 13.3. The highest BCUT2D eigenvalue weighted by molar-refractivity contribution is 6.06. The van der Waals surface area contributed by atoms with Gasteiger partial charge in [0.05, 0.1) is 18.4 Å². The molecule has 5 nitrogen and oxygen atoms in total. The van der Waals surface area contributed by atoms with Crippen molar-refractivity contribution < 1.29 is 9.53 Å². The molecule has 156 valence electrons. The number of ether oxygens (including phenoxy) is 1. The molecule has 0 radical (unpaired) electrons. The molecule has 1 N–H and O–H groups in total. The first kappa shape index (κ1) is 20.2. The van der Waals surface area contributed by atoms with Crippen LogP contribution < -0.4 is 15.6 Å². The average molecular weight is 405 g/mol. The first-order chi connectivity index (χ1) is 14.5. The fraction of sp³-hybridized carbons (Fsp3) is 0.360. The van der Waals surface area contributed by atoms with Gasteiger partial charge in [0.25, 0.3) is 11.5 Å². The maximum Gasteiger partial charge on any atom is 0.262 e. The molecular weight excluding hydrogens is 376 g/mol. The molecule has 0 aliphatic heterocycles. The minimum atomic E-state index is -0.157. The van der Waals surface area contributed by atoms with Crippen LogP contribution in [0.3, 0.4) is 0 Å². The van der Waals surface area contributed by atoms with E-state index in [1.165, 1.54) is 11.0 Å². The molecule has 0 spiro atoms. The second-order valence-electron chi connectivity index (χ2n) is 8.31. The number of pyridine rings is 1. The fourth-order valence-electron chi connectivity index (χ4n) is 4.46. The topological polar surface area (TPSA) is 60.3 Å². The summed E-state index contributed by atoms with van der Waals surface area (Å²) in [6.45, 7) is 4.46. The van der Waals surface area contributed by atoms with Crippen LogP contribution in [-0.2, 0) is 0 Å². The van der Waals surface area contributed by atoms with E-state index in [4.69, 9.17) is 4.74 Å². The predicted molar refractivity (Wildman–Crippen MR) is 120 cm³/mol. The summed E-state index contributed by atoms with van der Waals surface area (Å²) in [6.07, 6.45) is 4.98. The van der Waals surface area contributed by atoms with Gasteiger partial charge in [-0.1, -0.05) is 51.0 Å². The van der Waals surface area contributed by atoms with Gasteiger partial charge in [0, 0.05) is 29.1 Å². The third kappa shape index (κ3) is 3.72. The molecule has 3 atom stereocenters. The van der Waals surface area contributed by atoms with E-state index in [0.717, 1.165) is 12.8 Å². The predicted octanol–water partition coefficient (Wildman–Crippen LogP) is 4.55. The molecule has 0 saturated heterocycles. The van der Waals surface area contributed by atoms with Gasteiger partial charge < -0.3 is 10.1 Å². The Morgan fingerprint density at radius 3 is 2.60 bits per heavy atom. The van der Waals surface area contributed by atoms with Gasteiger partial charge in [-0.25, -0.2) is 0 Å². The van der Waals surface area contributed by atoms with E-state index in [9.17, 15) is 9.59 Å². The van der Waals surface area contributed by atoms with Crippen LogP contribution in [0, 0.1) is 11.8 Å². The Bertz CT molecular complexity index is 1130. The van der Waals surface area contributed by atoms with Gasteiger partial charge in [0.15, 0.2) is 0 Å². The highest BCUT2D eigenvalue weighted by atomic mass is 16.5. The summed E-state index contributed by atoms with van der Waals surface area (Å²) in [4.78, 5) is 26.5. The van der Waals surface area contributed by atoms with Crippen LogP contribution in [0.1, 0.15) is 43.5 Å². The van der Waals surface area contributed by atoms with Crippen molar-refractivity contribution >= 4 is 16.7 Å². The summed E-state index contributed by atoms with van der Waals surface area (Å²) >= 11 is 0. The zero-order chi connectivity index (χ0) is 21.3. The lowest BCUT2D eigenvalue weighted by Gasteiger charge is -2.34. The number of fused-ring (bicyclic) bond motifs is 1. The number of nitrogens with zero attached hydrogens (tertiary/aromatic N) is 1. The van der Waals surface area contributed by atoms with Crippen molar-refractivity contribution in [1.29, 1.82) is 0 Å². The number of amides is 1. The van der Waals surface area contributed by atoms with E-state index in [2.05, 4.69) is 19.2 Å². The highest BCUT2D eigenvalue weighted by Gasteiger charge is 2.29. The lowest BCUT2D eigenvalue weighted by molar-refractivity contribution is 0.0892. The van der Waals surface area contributed by atoms with Crippen LogP contribution in [-0.4, -0.2) is 23.6 Å². The first-order valence-electron chi connectivity index (χ1n) is 10.6. The number of hydrogen-bond donors (Lipinski definition) is 1. The third-order valence-corrected chi connectivity index (χ3v) is 6.52. The molecular formula is C25H28N2O3. The normalized spacial score (nSPS) is 21.4. The van der Waals surface area contributed by atoms with Crippen LogP contribution in [0.2, 0.25) is 0 Å². The van der Waals surface area contributed by atoms with Crippen LogP contribution >= 0.6 is 0 Å². The van der Waals surface area contributed by atoms with Crippen LogP contribution in [0.4, 0.5) is 0 Å². The number of rotatable bonds is 4. The Morgan fingerprint density at radius 2 is 1.83 bits per heavy atom. The highest BCUT2D eigenvalue weighted by Crippen LogP contribution is 2.30. The number of aromatic nitrogens is 1. The molecule has 1 saturated carbocycles. The summed E-state index contributed by atoms with van der Waals surface area (Å²) in [7, 11) is 1.59. The van der Waals surface area contributed by atoms with Gasteiger partial charge in [-0.2, -0.15) is 0 Å².